The topological polar surface area (TPSA) is 74.8 Å². The van der Waals surface area contributed by atoms with Crippen LogP contribution < -0.4 is 0 Å². The van der Waals surface area contributed by atoms with E-state index >= 15 is 0 Å². The fourth-order valence-electron chi connectivity index (χ4n) is 7.56. The van der Waals surface area contributed by atoms with Crippen LogP contribution in [0.4, 0.5) is 0 Å². The Morgan fingerprint density at radius 1 is 0.703 bits per heavy atom. The summed E-state index contributed by atoms with van der Waals surface area (Å²) in [6.45, 7) is 9.40. The molecule has 37 heavy (non-hydrogen) atoms. The summed E-state index contributed by atoms with van der Waals surface area (Å²) >= 11 is 0. The minimum absolute atomic E-state index is 0.137. The molecular formula is C31H46N2O4. The van der Waals surface area contributed by atoms with Crippen LogP contribution in [0.25, 0.3) is 0 Å². The summed E-state index contributed by atoms with van der Waals surface area (Å²) in [7, 11) is 0. The predicted octanol–water partition coefficient (Wildman–Crippen LogP) is 5.55. The minimum atomic E-state index is 0.137. The Morgan fingerprint density at radius 2 is 1.11 bits per heavy atom. The molecule has 4 aliphatic rings. The SMILES string of the molecule is CC(=O)N1CCCC2=C(CC(=O)CCCC(=O)CC3=C4CCCN(C(C)=O)[C@@H]4C[C@H](C)C3)C[C@@H](C)C[C@H]21. The summed E-state index contributed by atoms with van der Waals surface area (Å²) in [5.41, 5.74) is 5.19. The minimum Gasteiger partial charge on any atom is -0.336 e. The van der Waals surface area contributed by atoms with Crippen molar-refractivity contribution in [2.75, 3.05) is 13.1 Å². The first kappa shape index (κ1) is 27.8. The molecule has 2 amide bonds. The van der Waals surface area contributed by atoms with Gasteiger partial charge in [-0.2, -0.15) is 0 Å². The molecular weight excluding hydrogens is 464 g/mol. The van der Waals surface area contributed by atoms with Crippen LogP contribution in [0.1, 0.15) is 111 Å². The molecule has 0 aromatic heterocycles. The molecule has 0 aromatic carbocycles. The lowest BCUT2D eigenvalue weighted by atomic mass is 9.75. The molecule has 2 heterocycles. The van der Waals surface area contributed by atoms with Gasteiger partial charge in [0.25, 0.3) is 0 Å². The first-order valence-corrected chi connectivity index (χ1v) is 14.6. The molecule has 4 atom stereocenters. The van der Waals surface area contributed by atoms with Crippen molar-refractivity contribution < 1.29 is 19.2 Å². The maximum atomic E-state index is 12.9. The zero-order valence-electron chi connectivity index (χ0n) is 23.4. The lowest BCUT2D eigenvalue weighted by Crippen LogP contribution is -2.46. The van der Waals surface area contributed by atoms with Gasteiger partial charge < -0.3 is 9.80 Å². The highest BCUT2D eigenvalue weighted by atomic mass is 16.2. The van der Waals surface area contributed by atoms with Gasteiger partial charge in [-0.05, 0) is 80.8 Å². The Bertz CT molecular complexity index is 915. The van der Waals surface area contributed by atoms with E-state index in [0.717, 1.165) is 64.5 Å². The lowest BCUT2D eigenvalue weighted by molar-refractivity contribution is -0.132. The van der Waals surface area contributed by atoms with E-state index in [1.807, 2.05) is 9.80 Å². The maximum absolute atomic E-state index is 12.9. The third-order valence-corrected chi connectivity index (χ3v) is 9.14. The molecule has 0 spiro atoms. The number of piperidine rings is 2. The van der Waals surface area contributed by atoms with Crippen molar-refractivity contribution in [3.05, 3.63) is 22.3 Å². The first-order valence-electron chi connectivity index (χ1n) is 14.6. The Hall–Kier alpha value is -2.24. The zero-order valence-corrected chi connectivity index (χ0v) is 23.4. The van der Waals surface area contributed by atoms with Crippen LogP contribution in [0.3, 0.4) is 0 Å². The van der Waals surface area contributed by atoms with Crippen molar-refractivity contribution in [1.29, 1.82) is 0 Å². The number of fused-ring (bicyclic) bond motifs is 2. The van der Waals surface area contributed by atoms with E-state index in [4.69, 9.17) is 0 Å². The van der Waals surface area contributed by atoms with Gasteiger partial charge in [0.1, 0.15) is 11.6 Å². The van der Waals surface area contributed by atoms with Crippen LogP contribution in [0.5, 0.6) is 0 Å². The van der Waals surface area contributed by atoms with E-state index in [2.05, 4.69) is 13.8 Å². The van der Waals surface area contributed by atoms with Crippen molar-refractivity contribution >= 4 is 23.4 Å². The number of likely N-dealkylation sites (tertiary alicyclic amines) is 2. The lowest BCUT2D eigenvalue weighted by Gasteiger charge is -2.43. The van der Waals surface area contributed by atoms with Crippen molar-refractivity contribution in [2.45, 2.75) is 123 Å². The number of hydrogen-bond acceptors (Lipinski definition) is 4. The Morgan fingerprint density at radius 3 is 1.49 bits per heavy atom. The van der Waals surface area contributed by atoms with E-state index in [-0.39, 0.29) is 35.5 Å². The number of Topliss-reactive ketones (excluding diaryl/α,β-unsaturated/α-hetero) is 2. The first-order chi connectivity index (χ1) is 17.6. The molecule has 2 saturated heterocycles. The van der Waals surface area contributed by atoms with Gasteiger partial charge in [-0.3, -0.25) is 19.2 Å². The van der Waals surface area contributed by atoms with E-state index in [1.54, 1.807) is 13.8 Å². The van der Waals surface area contributed by atoms with Gasteiger partial charge >= 0.3 is 0 Å². The molecule has 4 rings (SSSR count). The summed E-state index contributed by atoms with van der Waals surface area (Å²) in [5.74, 6) is 1.68. The number of nitrogens with zero attached hydrogens (tertiary/aromatic N) is 2. The van der Waals surface area contributed by atoms with Crippen molar-refractivity contribution in [1.82, 2.24) is 9.80 Å². The number of carbonyl (C=O) groups excluding carboxylic acids is 4. The molecule has 0 saturated carbocycles. The summed E-state index contributed by atoms with van der Waals surface area (Å²) in [6, 6.07) is 0.351. The Labute approximate surface area is 222 Å². The van der Waals surface area contributed by atoms with Crippen molar-refractivity contribution in [3.8, 4) is 0 Å². The van der Waals surface area contributed by atoms with Crippen LogP contribution in [0.15, 0.2) is 22.3 Å². The number of hydrogen-bond donors (Lipinski definition) is 0. The summed E-state index contributed by atoms with van der Waals surface area (Å²) < 4.78 is 0. The molecule has 0 unspecified atom stereocenters. The van der Waals surface area contributed by atoms with Crippen LogP contribution in [-0.4, -0.2) is 58.4 Å². The van der Waals surface area contributed by atoms with E-state index in [0.29, 0.717) is 43.9 Å². The third-order valence-electron chi connectivity index (χ3n) is 9.14. The number of rotatable bonds is 8. The Kier molecular flexibility index (Phi) is 9.07. The highest BCUT2D eigenvalue weighted by Gasteiger charge is 2.36. The monoisotopic (exact) mass is 510 g/mol. The highest BCUT2D eigenvalue weighted by molar-refractivity contribution is 5.84. The highest BCUT2D eigenvalue weighted by Crippen LogP contribution is 2.40. The molecule has 0 radical (unpaired) electrons. The quantitative estimate of drug-likeness (QED) is 0.401. The molecule has 0 N–H and O–H groups in total. The van der Waals surface area contributed by atoms with Gasteiger partial charge in [0, 0.05) is 52.6 Å². The van der Waals surface area contributed by atoms with Crippen LogP contribution in [0, 0.1) is 11.8 Å². The van der Waals surface area contributed by atoms with Crippen LogP contribution in [-0.2, 0) is 19.2 Å². The molecule has 2 fully saturated rings. The molecule has 2 aliphatic heterocycles. The second-order valence-corrected chi connectivity index (χ2v) is 12.3. The fourth-order valence-corrected chi connectivity index (χ4v) is 7.56. The molecule has 6 heteroatoms. The summed E-state index contributed by atoms with van der Waals surface area (Å²) in [4.78, 5) is 54.2. The molecule has 6 nitrogen and oxygen atoms in total. The number of ketones is 2. The average Bonchev–Trinajstić information content (AvgIpc) is 2.83. The van der Waals surface area contributed by atoms with Crippen LogP contribution >= 0.6 is 0 Å². The second kappa shape index (κ2) is 12.1. The van der Waals surface area contributed by atoms with E-state index < -0.39 is 0 Å². The number of carbonyl (C=O) groups is 4. The Balaban J connectivity index is 1.31. The number of amides is 2. The summed E-state index contributed by atoms with van der Waals surface area (Å²) in [6.07, 6.45) is 10.3. The molecule has 0 aromatic rings. The van der Waals surface area contributed by atoms with Gasteiger partial charge in [0.15, 0.2) is 0 Å². The zero-order chi connectivity index (χ0) is 26.7. The maximum Gasteiger partial charge on any atom is 0.219 e. The fraction of sp³-hybridized carbons (Fsp3) is 0.742. The average molecular weight is 511 g/mol. The summed E-state index contributed by atoms with van der Waals surface area (Å²) in [5, 5.41) is 0. The van der Waals surface area contributed by atoms with Crippen molar-refractivity contribution in [3.63, 3.8) is 0 Å². The van der Waals surface area contributed by atoms with Gasteiger partial charge in [-0.25, -0.2) is 0 Å². The van der Waals surface area contributed by atoms with E-state index in [9.17, 15) is 19.2 Å². The third kappa shape index (κ3) is 6.61. The predicted molar refractivity (Wildman–Crippen MR) is 145 cm³/mol. The van der Waals surface area contributed by atoms with Gasteiger partial charge in [-0.1, -0.05) is 25.0 Å². The van der Waals surface area contributed by atoms with E-state index in [1.165, 1.54) is 22.3 Å². The van der Waals surface area contributed by atoms with Gasteiger partial charge in [0.2, 0.25) is 11.8 Å². The molecule has 2 aliphatic carbocycles. The largest absolute Gasteiger partial charge is 0.336 e. The second-order valence-electron chi connectivity index (χ2n) is 12.3. The standard InChI is InChI=1S/C31H46N2O4/c1-20-14-24(28-10-6-12-32(22(3)34)30(28)16-20)18-26(36)8-5-9-27(37)19-25-15-21(2)17-31-29(25)11-7-13-33(31)23(4)35/h20-21,30-31H,5-19H2,1-4H3/t20-,21-,30-,31-/m1/s1. The smallest absolute Gasteiger partial charge is 0.219 e. The van der Waals surface area contributed by atoms with Crippen LogP contribution in [0.2, 0.25) is 0 Å². The molecule has 0 bridgehead atoms. The normalized spacial score (nSPS) is 28.1. The van der Waals surface area contributed by atoms with Crippen molar-refractivity contribution in [2.24, 2.45) is 11.8 Å². The number of allylic oxidation sites excluding steroid dienone is 2. The van der Waals surface area contributed by atoms with Gasteiger partial charge in [0.05, 0.1) is 12.1 Å². The van der Waals surface area contributed by atoms with Gasteiger partial charge in [-0.15, -0.1) is 0 Å². The molecule has 204 valence electrons.